The summed E-state index contributed by atoms with van der Waals surface area (Å²) in [6, 6.07) is 9.59. The maximum atomic E-state index is 11.8. The molecule has 0 aromatic heterocycles. The van der Waals surface area contributed by atoms with Gasteiger partial charge in [-0.2, -0.15) is 0 Å². The molecule has 0 unspecified atom stereocenters. The molecule has 0 saturated heterocycles. The zero-order valence-electron chi connectivity index (χ0n) is 11.9. The van der Waals surface area contributed by atoms with Crippen molar-refractivity contribution in [2.75, 3.05) is 13.2 Å². The normalized spacial score (nSPS) is 10.4. The number of rotatable bonds is 6. The highest BCUT2D eigenvalue weighted by atomic mass is 79.9. The van der Waals surface area contributed by atoms with Crippen LogP contribution in [0.25, 0.3) is 0 Å². The van der Waals surface area contributed by atoms with E-state index in [-0.39, 0.29) is 29.0 Å². The van der Waals surface area contributed by atoms with E-state index in [4.69, 9.17) is 32.7 Å². The summed E-state index contributed by atoms with van der Waals surface area (Å²) in [5.74, 6) is -0.126. The minimum absolute atomic E-state index is 0.0317. The van der Waals surface area contributed by atoms with E-state index in [1.54, 1.807) is 24.3 Å². The first-order valence-corrected chi connectivity index (χ1v) is 8.26. The number of hydrogen-bond acceptors (Lipinski definition) is 4. The van der Waals surface area contributed by atoms with Crippen LogP contribution in [0.1, 0.15) is 16.8 Å². The van der Waals surface area contributed by atoms with Crippen LogP contribution in [0.15, 0.2) is 40.9 Å². The van der Waals surface area contributed by atoms with Crippen LogP contribution in [0.3, 0.4) is 0 Å². The number of esters is 1. The molecule has 1 N–H and O–H groups in total. The SMILES string of the molecule is O=C(OCCCOc1c(Cl)cc(O)cc1Cl)c1ccc(Br)cc1. The van der Waals surface area contributed by atoms with Crippen molar-refractivity contribution >= 4 is 45.1 Å². The van der Waals surface area contributed by atoms with Gasteiger partial charge in [-0.15, -0.1) is 0 Å². The molecule has 0 aliphatic heterocycles. The predicted molar refractivity (Wildman–Crippen MR) is 92.7 cm³/mol. The number of phenolic OH excluding ortho intramolecular Hbond substituents is 1. The number of halogens is 3. The second-order valence-corrected chi connectivity index (χ2v) is 6.31. The molecule has 23 heavy (non-hydrogen) atoms. The zero-order chi connectivity index (χ0) is 16.8. The van der Waals surface area contributed by atoms with E-state index in [9.17, 15) is 9.90 Å². The quantitative estimate of drug-likeness (QED) is 0.523. The maximum absolute atomic E-state index is 11.8. The lowest BCUT2D eigenvalue weighted by molar-refractivity contribution is 0.0486. The molecule has 7 heteroatoms. The Labute approximate surface area is 152 Å². The molecule has 0 fully saturated rings. The number of aromatic hydroxyl groups is 1. The first kappa shape index (κ1) is 17.9. The Kier molecular flexibility index (Phi) is 6.57. The molecule has 0 amide bonds. The summed E-state index contributed by atoms with van der Waals surface area (Å²) in [6.45, 7) is 0.486. The van der Waals surface area contributed by atoms with Gasteiger partial charge in [0.1, 0.15) is 5.75 Å². The van der Waals surface area contributed by atoms with Crippen molar-refractivity contribution in [3.8, 4) is 11.5 Å². The lowest BCUT2D eigenvalue weighted by atomic mass is 10.2. The summed E-state index contributed by atoms with van der Waals surface area (Å²) in [7, 11) is 0. The molecule has 0 spiro atoms. The molecule has 0 radical (unpaired) electrons. The van der Waals surface area contributed by atoms with Crippen LogP contribution in [0.5, 0.6) is 11.5 Å². The number of ether oxygens (including phenoxy) is 2. The highest BCUT2D eigenvalue weighted by Gasteiger charge is 2.10. The lowest BCUT2D eigenvalue weighted by Crippen LogP contribution is -2.09. The summed E-state index contributed by atoms with van der Waals surface area (Å²) < 4.78 is 11.5. The molecule has 0 aliphatic rings. The number of phenols is 1. The Hall–Kier alpha value is -1.43. The van der Waals surface area contributed by atoms with Crippen LogP contribution >= 0.6 is 39.1 Å². The van der Waals surface area contributed by atoms with Crippen LogP contribution < -0.4 is 4.74 Å². The van der Waals surface area contributed by atoms with Gasteiger partial charge in [0.05, 0.1) is 28.8 Å². The van der Waals surface area contributed by atoms with Crippen molar-refractivity contribution in [1.82, 2.24) is 0 Å². The topological polar surface area (TPSA) is 55.8 Å². The van der Waals surface area contributed by atoms with E-state index in [1.807, 2.05) is 0 Å². The minimum atomic E-state index is -0.391. The fourth-order valence-electron chi connectivity index (χ4n) is 1.75. The summed E-state index contributed by atoms with van der Waals surface area (Å²) in [6.07, 6.45) is 0.482. The van der Waals surface area contributed by atoms with Gasteiger partial charge in [0, 0.05) is 23.0 Å². The van der Waals surface area contributed by atoms with Gasteiger partial charge in [0.15, 0.2) is 5.75 Å². The molecule has 2 aromatic carbocycles. The van der Waals surface area contributed by atoms with Gasteiger partial charge < -0.3 is 14.6 Å². The predicted octanol–water partition coefficient (Wildman–Crippen LogP) is 5.09. The number of carbonyl (C=O) groups is 1. The van der Waals surface area contributed by atoms with E-state index < -0.39 is 5.97 Å². The highest BCUT2D eigenvalue weighted by molar-refractivity contribution is 9.10. The third kappa shape index (κ3) is 5.30. The van der Waals surface area contributed by atoms with E-state index >= 15 is 0 Å². The van der Waals surface area contributed by atoms with E-state index in [1.165, 1.54) is 12.1 Å². The number of hydrogen-bond donors (Lipinski definition) is 1. The number of carbonyl (C=O) groups excluding carboxylic acids is 1. The Morgan fingerprint density at radius 2 is 1.70 bits per heavy atom. The van der Waals surface area contributed by atoms with Crippen LogP contribution in [0.2, 0.25) is 10.0 Å². The van der Waals surface area contributed by atoms with Crippen LogP contribution in [0, 0.1) is 0 Å². The lowest BCUT2D eigenvalue weighted by Gasteiger charge is -2.10. The molecule has 2 rings (SSSR count). The van der Waals surface area contributed by atoms with Crippen molar-refractivity contribution in [3.63, 3.8) is 0 Å². The summed E-state index contributed by atoms with van der Waals surface area (Å²) >= 11 is 15.2. The van der Waals surface area contributed by atoms with Gasteiger partial charge in [0.2, 0.25) is 0 Å². The fraction of sp³-hybridized carbons (Fsp3) is 0.188. The minimum Gasteiger partial charge on any atom is -0.508 e. The van der Waals surface area contributed by atoms with Gasteiger partial charge in [-0.1, -0.05) is 39.1 Å². The fourth-order valence-corrected chi connectivity index (χ4v) is 2.60. The average Bonchev–Trinajstić information content (AvgIpc) is 2.49. The molecular formula is C16H13BrCl2O4. The molecular weight excluding hydrogens is 407 g/mol. The van der Waals surface area contributed by atoms with Crippen LogP contribution in [-0.2, 0) is 4.74 Å². The second-order valence-electron chi connectivity index (χ2n) is 4.58. The van der Waals surface area contributed by atoms with Gasteiger partial charge in [-0.25, -0.2) is 4.79 Å². The Morgan fingerprint density at radius 1 is 1.09 bits per heavy atom. The highest BCUT2D eigenvalue weighted by Crippen LogP contribution is 2.36. The molecule has 0 aliphatic carbocycles. The summed E-state index contributed by atoms with van der Waals surface area (Å²) in [5, 5.41) is 9.78. The van der Waals surface area contributed by atoms with Crippen molar-refractivity contribution in [2.45, 2.75) is 6.42 Å². The van der Waals surface area contributed by atoms with Crippen LogP contribution in [0.4, 0.5) is 0 Å². The number of benzene rings is 2. The van der Waals surface area contributed by atoms with Gasteiger partial charge in [0.25, 0.3) is 0 Å². The van der Waals surface area contributed by atoms with Gasteiger partial charge in [-0.3, -0.25) is 0 Å². The standard InChI is InChI=1S/C16H13BrCl2O4/c17-11-4-2-10(3-5-11)16(21)23-7-1-6-22-15-13(18)8-12(20)9-14(15)19/h2-5,8-9,20H,1,6-7H2. The Morgan fingerprint density at radius 3 is 2.30 bits per heavy atom. The van der Waals surface area contributed by atoms with Crippen molar-refractivity contribution in [1.29, 1.82) is 0 Å². The second kappa shape index (κ2) is 8.43. The van der Waals surface area contributed by atoms with Crippen molar-refractivity contribution in [2.24, 2.45) is 0 Å². The first-order chi connectivity index (χ1) is 11.0. The van der Waals surface area contributed by atoms with Crippen molar-refractivity contribution in [3.05, 3.63) is 56.5 Å². The van der Waals surface area contributed by atoms with E-state index in [2.05, 4.69) is 15.9 Å². The van der Waals surface area contributed by atoms with Gasteiger partial charge >= 0.3 is 5.97 Å². The third-order valence-electron chi connectivity index (χ3n) is 2.83. The average molecular weight is 420 g/mol. The zero-order valence-corrected chi connectivity index (χ0v) is 15.0. The van der Waals surface area contributed by atoms with E-state index in [0.29, 0.717) is 17.7 Å². The monoisotopic (exact) mass is 418 g/mol. The summed E-state index contributed by atoms with van der Waals surface area (Å²) in [5.41, 5.74) is 0.485. The third-order valence-corrected chi connectivity index (χ3v) is 3.92. The molecule has 0 heterocycles. The first-order valence-electron chi connectivity index (χ1n) is 6.71. The molecule has 0 saturated carbocycles. The molecule has 2 aromatic rings. The van der Waals surface area contributed by atoms with E-state index in [0.717, 1.165) is 4.47 Å². The summed E-state index contributed by atoms with van der Waals surface area (Å²) in [4.78, 5) is 11.8. The van der Waals surface area contributed by atoms with Gasteiger partial charge in [-0.05, 0) is 24.3 Å². The molecule has 122 valence electrons. The van der Waals surface area contributed by atoms with Crippen molar-refractivity contribution < 1.29 is 19.4 Å². The molecule has 0 atom stereocenters. The smallest absolute Gasteiger partial charge is 0.338 e. The molecule has 4 nitrogen and oxygen atoms in total. The Bertz CT molecular complexity index is 666. The maximum Gasteiger partial charge on any atom is 0.338 e. The van der Waals surface area contributed by atoms with Crippen LogP contribution in [-0.4, -0.2) is 24.3 Å². The Balaban J connectivity index is 1.76. The molecule has 0 bridgehead atoms. The largest absolute Gasteiger partial charge is 0.508 e.